The molecular weight excluding hydrogens is 240 g/mol. The number of nitrogens with one attached hydrogen (secondary N) is 1. The maximum atomic E-state index is 11.8. The number of aromatic carboxylic acids is 1. The summed E-state index contributed by atoms with van der Waals surface area (Å²) in [6.45, 7) is 0. The van der Waals surface area contributed by atoms with E-state index >= 15 is 0 Å². The van der Waals surface area contributed by atoms with Gasteiger partial charge in [-0.25, -0.2) is 9.59 Å². The smallest absolute Gasteiger partial charge is 0.338 e. The van der Waals surface area contributed by atoms with Crippen molar-refractivity contribution in [3.05, 3.63) is 17.0 Å². The zero-order chi connectivity index (χ0) is 12.4. The van der Waals surface area contributed by atoms with Crippen LogP contribution in [-0.2, 0) is 0 Å². The second kappa shape index (κ2) is 4.75. The van der Waals surface area contributed by atoms with Gasteiger partial charge in [0.05, 0.1) is 5.56 Å². The molecule has 92 valence electrons. The molecule has 0 aliphatic heterocycles. The fraction of sp³-hybridized carbons (Fsp3) is 0.455. The molecule has 2 amide bonds. The summed E-state index contributed by atoms with van der Waals surface area (Å²) in [5.41, 5.74) is 0.144. The third kappa shape index (κ3) is 2.41. The highest BCUT2D eigenvalue weighted by molar-refractivity contribution is 7.14. The van der Waals surface area contributed by atoms with E-state index in [1.54, 1.807) is 17.3 Å². The van der Waals surface area contributed by atoms with Crippen LogP contribution in [0.25, 0.3) is 0 Å². The van der Waals surface area contributed by atoms with Crippen molar-refractivity contribution in [3.8, 4) is 0 Å². The van der Waals surface area contributed by atoms with Crippen LogP contribution in [0.15, 0.2) is 11.4 Å². The molecule has 0 unspecified atom stereocenters. The van der Waals surface area contributed by atoms with Gasteiger partial charge in [-0.3, -0.25) is 5.32 Å². The van der Waals surface area contributed by atoms with Crippen molar-refractivity contribution in [1.82, 2.24) is 4.90 Å². The predicted octanol–water partition coefficient (Wildman–Crippen LogP) is 2.46. The SMILES string of the molecule is CN(C(=O)Nc1sccc1C(=O)O)C1CCC1. The highest BCUT2D eigenvalue weighted by Gasteiger charge is 2.26. The number of rotatable bonds is 3. The van der Waals surface area contributed by atoms with Crippen molar-refractivity contribution < 1.29 is 14.7 Å². The molecule has 1 saturated carbocycles. The van der Waals surface area contributed by atoms with Gasteiger partial charge in [0.15, 0.2) is 0 Å². The molecule has 0 saturated heterocycles. The molecule has 0 aromatic carbocycles. The van der Waals surface area contributed by atoms with Crippen LogP contribution in [0.5, 0.6) is 0 Å². The van der Waals surface area contributed by atoms with E-state index in [4.69, 9.17) is 5.11 Å². The number of carbonyl (C=O) groups is 2. The highest BCUT2D eigenvalue weighted by Crippen LogP contribution is 2.26. The van der Waals surface area contributed by atoms with Crippen LogP contribution < -0.4 is 5.32 Å². The number of carboxylic acid groups (broad SMARTS) is 1. The quantitative estimate of drug-likeness (QED) is 0.870. The van der Waals surface area contributed by atoms with Crippen LogP contribution >= 0.6 is 11.3 Å². The van der Waals surface area contributed by atoms with Crippen LogP contribution in [0.2, 0.25) is 0 Å². The molecule has 1 aromatic heterocycles. The first-order chi connectivity index (χ1) is 8.09. The Kier molecular flexibility index (Phi) is 3.33. The van der Waals surface area contributed by atoms with Gasteiger partial charge < -0.3 is 10.0 Å². The number of carboxylic acids is 1. The molecular formula is C11H14N2O3S. The number of nitrogens with zero attached hydrogens (tertiary/aromatic N) is 1. The molecule has 1 aliphatic carbocycles. The largest absolute Gasteiger partial charge is 0.478 e. The minimum Gasteiger partial charge on any atom is -0.478 e. The van der Waals surface area contributed by atoms with E-state index in [2.05, 4.69) is 5.32 Å². The van der Waals surface area contributed by atoms with Crippen molar-refractivity contribution in [2.75, 3.05) is 12.4 Å². The molecule has 17 heavy (non-hydrogen) atoms. The van der Waals surface area contributed by atoms with Gasteiger partial charge in [0.2, 0.25) is 0 Å². The third-order valence-corrected chi connectivity index (χ3v) is 3.89. The standard InChI is InChI=1S/C11H14N2O3S/c1-13(7-3-2-4-7)11(16)12-9-8(10(14)15)5-6-17-9/h5-7H,2-4H2,1H3,(H,12,16)(H,14,15). The number of hydrogen-bond acceptors (Lipinski definition) is 3. The van der Waals surface area contributed by atoms with Gasteiger partial charge in [0, 0.05) is 13.1 Å². The lowest BCUT2D eigenvalue weighted by Crippen LogP contribution is -2.43. The highest BCUT2D eigenvalue weighted by atomic mass is 32.1. The topological polar surface area (TPSA) is 69.6 Å². The number of anilines is 1. The Morgan fingerprint density at radius 3 is 2.76 bits per heavy atom. The van der Waals surface area contributed by atoms with Crippen molar-refractivity contribution in [3.63, 3.8) is 0 Å². The first kappa shape index (κ1) is 11.9. The Balaban J connectivity index is 2.02. The van der Waals surface area contributed by atoms with Gasteiger partial charge in [0.1, 0.15) is 5.00 Å². The summed E-state index contributed by atoms with van der Waals surface area (Å²) in [4.78, 5) is 24.4. The maximum Gasteiger partial charge on any atom is 0.338 e. The molecule has 1 aliphatic rings. The van der Waals surface area contributed by atoms with Gasteiger partial charge in [-0.15, -0.1) is 11.3 Å². The van der Waals surface area contributed by atoms with Crippen molar-refractivity contribution in [2.45, 2.75) is 25.3 Å². The summed E-state index contributed by atoms with van der Waals surface area (Å²) in [7, 11) is 1.74. The van der Waals surface area contributed by atoms with Crippen LogP contribution in [0, 0.1) is 0 Å². The van der Waals surface area contributed by atoms with Gasteiger partial charge >= 0.3 is 12.0 Å². The Morgan fingerprint density at radius 2 is 2.24 bits per heavy atom. The molecule has 1 aromatic rings. The molecule has 0 radical (unpaired) electrons. The molecule has 1 heterocycles. The van der Waals surface area contributed by atoms with Crippen molar-refractivity contribution >= 4 is 28.3 Å². The Bertz CT molecular complexity index is 440. The lowest BCUT2D eigenvalue weighted by molar-refractivity contribution is 0.0698. The first-order valence-electron chi connectivity index (χ1n) is 5.44. The van der Waals surface area contributed by atoms with E-state index in [9.17, 15) is 9.59 Å². The lowest BCUT2D eigenvalue weighted by atomic mass is 9.92. The lowest BCUT2D eigenvalue weighted by Gasteiger charge is -2.34. The van der Waals surface area contributed by atoms with Crippen LogP contribution in [0.3, 0.4) is 0 Å². The first-order valence-corrected chi connectivity index (χ1v) is 6.32. The van der Waals surface area contributed by atoms with Gasteiger partial charge in [-0.1, -0.05) is 0 Å². The molecule has 0 spiro atoms. The zero-order valence-corrected chi connectivity index (χ0v) is 10.3. The van der Waals surface area contributed by atoms with E-state index in [0.717, 1.165) is 19.3 Å². The van der Waals surface area contributed by atoms with E-state index in [1.165, 1.54) is 17.4 Å². The summed E-state index contributed by atoms with van der Waals surface area (Å²) < 4.78 is 0. The third-order valence-electron chi connectivity index (χ3n) is 3.06. The number of urea groups is 1. The van der Waals surface area contributed by atoms with Crippen LogP contribution in [0.4, 0.5) is 9.80 Å². The van der Waals surface area contributed by atoms with E-state index in [0.29, 0.717) is 11.0 Å². The Hall–Kier alpha value is -1.56. The molecule has 2 rings (SSSR count). The maximum absolute atomic E-state index is 11.8. The van der Waals surface area contributed by atoms with Crippen molar-refractivity contribution in [2.24, 2.45) is 0 Å². The molecule has 5 nitrogen and oxygen atoms in total. The summed E-state index contributed by atoms with van der Waals surface area (Å²) in [5.74, 6) is -1.02. The molecule has 1 fully saturated rings. The normalized spacial score (nSPS) is 15.1. The Labute approximate surface area is 103 Å². The van der Waals surface area contributed by atoms with Gasteiger partial charge in [-0.2, -0.15) is 0 Å². The summed E-state index contributed by atoms with van der Waals surface area (Å²) in [5, 5.41) is 13.6. The minimum atomic E-state index is -1.02. The van der Waals surface area contributed by atoms with Crippen molar-refractivity contribution in [1.29, 1.82) is 0 Å². The zero-order valence-electron chi connectivity index (χ0n) is 9.47. The number of amides is 2. The van der Waals surface area contributed by atoms with E-state index in [-0.39, 0.29) is 11.6 Å². The summed E-state index contributed by atoms with van der Waals surface area (Å²) >= 11 is 1.22. The second-order valence-corrected chi connectivity index (χ2v) is 5.01. The molecule has 6 heteroatoms. The average Bonchev–Trinajstić information content (AvgIpc) is 2.62. The minimum absolute atomic E-state index is 0.144. The number of thiophene rings is 1. The van der Waals surface area contributed by atoms with Gasteiger partial charge in [0.25, 0.3) is 0 Å². The fourth-order valence-electron chi connectivity index (χ4n) is 1.70. The molecule has 2 N–H and O–H groups in total. The van der Waals surface area contributed by atoms with Crippen LogP contribution in [-0.4, -0.2) is 35.1 Å². The number of hydrogen-bond donors (Lipinski definition) is 2. The number of carbonyl (C=O) groups excluding carboxylic acids is 1. The summed E-state index contributed by atoms with van der Waals surface area (Å²) in [6.07, 6.45) is 3.21. The average molecular weight is 254 g/mol. The van der Waals surface area contributed by atoms with Crippen LogP contribution in [0.1, 0.15) is 29.6 Å². The van der Waals surface area contributed by atoms with Gasteiger partial charge in [-0.05, 0) is 30.7 Å². The van der Waals surface area contributed by atoms with E-state index < -0.39 is 5.97 Å². The second-order valence-electron chi connectivity index (χ2n) is 4.09. The molecule has 0 bridgehead atoms. The fourth-order valence-corrected chi connectivity index (χ4v) is 2.47. The predicted molar refractivity (Wildman–Crippen MR) is 65.7 cm³/mol. The molecule has 0 atom stereocenters. The monoisotopic (exact) mass is 254 g/mol. The van der Waals surface area contributed by atoms with E-state index in [1.807, 2.05) is 0 Å². The Morgan fingerprint density at radius 1 is 1.53 bits per heavy atom. The summed E-state index contributed by atoms with van der Waals surface area (Å²) in [6, 6.07) is 1.55.